The molecule has 1 aromatic heterocycles. The molecule has 0 atom stereocenters. The summed E-state index contributed by atoms with van der Waals surface area (Å²) >= 11 is 0. The molecule has 0 spiro atoms. The van der Waals surface area contributed by atoms with E-state index in [0.29, 0.717) is 18.9 Å². The van der Waals surface area contributed by atoms with Gasteiger partial charge in [-0.05, 0) is 6.07 Å². The van der Waals surface area contributed by atoms with Crippen LogP contribution in [0.4, 0.5) is 0 Å². The average Bonchev–Trinajstić information content (AvgIpc) is 2.51. The van der Waals surface area contributed by atoms with Crippen molar-refractivity contribution < 1.29 is 9.53 Å². The van der Waals surface area contributed by atoms with Crippen molar-refractivity contribution in [1.29, 1.82) is 0 Å². The molecule has 0 amide bonds. The van der Waals surface area contributed by atoms with Gasteiger partial charge in [0.25, 0.3) is 0 Å². The highest BCUT2D eigenvalue weighted by Gasteiger charge is 2.13. The molecule has 2 rings (SSSR count). The van der Waals surface area contributed by atoms with Gasteiger partial charge in [-0.15, -0.1) is 0 Å². The lowest BCUT2D eigenvalue weighted by molar-refractivity contribution is -0.107. The van der Waals surface area contributed by atoms with Gasteiger partial charge in [-0.2, -0.15) is 0 Å². The summed E-state index contributed by atoms with van der Waals surface area (Å²) in [5.74, 6) is 0.703. The summed E-state index contributed by atoms with van der Waals surface area (Å²) in [4.78, 5) is 14.4. The van der Waals surface area contributed by atoms with Gasteiger partial charge in [0.1, 0.15) is 6.29 Å². The molecule has 0 saturated carbocycles. The second-order valence-electron chi connectivity index (χ2n) is 2.74. The molecular weight excluding hydrogens is 154 g/mol. The molecule has 1 aliphatic heterocycles. The Hall–Kier alpha value is -1.38. The molecule has 0 bridgehead atoms. The van der Waals surface area contributed by atoms with Crippen molar-refractivity contribution in [3.05, 3.63) is 23.4 Å². The maximum atomic E-state index is 10.2. The van der Waals surface area contributed by atoms with Gasteiger partial charge >= 0.3 is 0 Å². The summed E-state index contributed by atoms with van der Waals surface area (Å²) in [6, 6.07) is 3.86. The maximum absolute atomic E-state index is 10.2. The molecule has 0 aromatic carbocycles. The fraction of sp³-hybridized carbons (Fsp3) is 0.333. The van der Waals surface area contributed by atoms with Gasteiger partial charge < -0.3 is 9.53 Å². The summed E-state index contributed by atoms with van der Waals surface area (Å²) in [5.41, 5.74) is 1.93. The zero-order chi connectivity index (χ0) is 8.39. The molecule has 3 heteroatoms. The highest BCUT2D eigenvalue weighted by Crippen LogP contribution is 2.22. The van der Waals surface area contributed by atoms with Crippen LogP contribution in [0.5, 0.6) is 5.88 Å². The maximum Gasteiger partial charge on any atom is 0.216 e. The molecule has 3 nitrogen and oxygen atoms in total. The van der Waals surface area contributed by atoms with E-state index in [-0.39, 0.29) is 0 Å². The van der Waals surface area contributed by atoms with Crippen molar-refractivity contribution in [2.24, 2.45) is 0 Å². The summed E-state index contributed by atoms with van der Waals surface area (Å²) in [5, 5.41) is 0. The SMILES string of the molecule is O=CCc1ccc2c(n1)OCC2. The Morgan fingerprint density at radius 2 is 2.50 bits per heavy atom. The molecule has 62 valence electrons. The molecule has 0 unspecified atom stereocenters. The topological polar surface area (TPSA) is 39.2 Å². The number of nitrogens with zero attached hydrogens (tertiary/aromatic N) is 1. The van der Waals surface area contributed by atoms with E-state index < -0.39 is 0 Å². The van der Waals surface area contributed by atoms with Crippen molar-refractivity contribution in [1.82, 2.24) is 4.98 Å². The Labute approximate surface area is 70.4 Å². The smallest absolute Gasteiger partial charge is 0.216 e. The molecule has 0 aliphatic carbocycles. The summed E-state index contributed by atoms with van der Waals surface area (Å²) in [6.45, 7) is 0.715. The van der Waals surface area contributed by atoms with E-state index in [2.05, 4.69) is 4.98 Å². The number of hydrogen-bond acceptors (Lipinski definition) is 3. The van der Waals surface area contributed by atoms with Crippen LogP contribution in [0, 0.1) is 0 Å². The first-order valence-corrected chi connectivity index (χ1v) is 3.95. The van der Waals surface area contributed by atoms with Gasteiger partial charge in [0.15, 0.2) is 0 Å². The van der Waals surface area contributed by atoms with E-state index in [4.69, 9.17) is 4.74 Å². The molecular formula is C9H9NO2. The lowest BCUT2D eigenvalue weighted by atomic mass is 10.2. The normalized spacial score (nSPS) is 13.7. The fourth-order valence-corrected chi connectivity index (χ4v) is 1.28. The van der Waals surface area contributed by atoms with Gasteiger partial charge in [-0.25, -0.2) is 4.98 Å². The zero-order valence-corrected chi connectivity index (χ0v) is 6.62. The van der Waals surface area contributed by atoms with Crippen LogP contribution in [0.3, 0.4) is 0 Å². The number of carbonyl (C=O) groups excluding carboxylic acids is 1. The van der Waals surface area contributed by atoms with Crippen LogP contribution in [0.25, 0.3) is 0 Å². The molecule has 0 fully saturated rings. The third kappa shape index (κ3) is 1.18. The van der Waals surface area contributed by atoms with Crippen LogP contribution in [0.1, 0.15) is 11.3 Å². The lowest BCUT2D eigenvalue weighted by Crippen LogP contribution is -1.93. The van der Waals surface area contributed by atoms with Crippen LogP contribution >= 0.6 is 0 Å². The number of pyridine rings is 1. The molecule has 12 heavy (non-hydrogen) atoms. The van der Waals surface area contributed by atoms with E-state index in [1.165, 1.54) is 0 Å². The molecule has 0 N–H and O–H groups in total. The lowest BCUT2D eigenvalue weighted by Gasteiger charge is -1.98. The number of aromatic nitrogens is 1. The van der Waals surface area contributed by atoms with Crippen molar-refractivity contribution in [3.63, 3.8) is 0 Å². The Bertz CT molecular complexity index is 309. The minimum absolute atomic E-state index is 0.372. The molecule has 2 heterocycles. The standard InChI is InChI=1S/C9H9NO2/c11-5-3-8-2-1-7-4-6-12-9(7)10-8/h1-2,5H,3-4,6H2. The van der Waals surface area contributed by atoms with E-state index in [1.807, 2.05) is 12.1 Å². The van der Waals surface area contributed by atoms with Gasteiger partial charge in [-0.3, -0.25) is 0 Å². The number of carbonyl (C=O) groups is 1. The number of hydrogen-bond donors (Lipinski definition) is 0. The number of aldehydes is 1. The zero-order valence-electron chi connectivity index (χ0n) is 6.62. The minimum atomic E-state index is 0.372. The van der Waals surface area contributed by atoms with E-state index >= 15 is 0 Å². The van der Waals surface area contributed by atoms with Crippen LogP contribution in [-0.2, 0) is 17.6 Å². The van der Waals surface area contributed by atoms with Gasteiger partial charge in [-0.1, -0.05) is 6.07 Å². The average molecular weight is 163 g/mol. The van der Waals surface area contributed by atoms with E-state index in [1.54, 1.807) is 0 Å². The molecule has 1 aliphatic rings. The quantitative estimate of drug-likeness (QED) is 0.604. The van der Waals surface area contributed by atoms with Crippen molar-refractivity contribution in [2.75, 3.05) is 6.61 Å². The molecule has 1 aromatic rings. The Morgan fingerprint density at radius 1 is 1.58 bits per heavy atom. The van der Waals surface area contributed by atoms with Crippen molar-refractivity contribution in [3.8, 4) is 5.88 Å². The molecule has 0 radical (unpaired) electrons. The Balaban J connectivity index is 2.32. The highest BCUT2D eigenvalue weighted by molar-refractivity contribution is 5.54. The van der Waals surface area contributed by atoms with Crippen LogP contribution in [0.2, 0.25) is 0 Å². The van der Waals surface area contributed by atoms with E-state index in [0.717, 1.165) is 24.0 Å². The number of rotatable bonds is 2. The first-order valence-electron chi connectivity index (χ1n) is 3.95. The molecule has 0 saturated heterocycles. The van der Waals surface area contributed by atoms with Crippen molar-refractivity contribution in [2.45, 2.75) is 12.8 Å². The third-order valence-corrected chi connectivity index (χ3v) is 1.90. The van der Waals surface area contributed by atoms with Gasteiger partial charge in [0.05, 0.1) is 12.3 Å². The second-order valence-corrected chi connectivity index (χ2v) is 2.74. The van der Waals surface area contributed by atoms with Crippen LogP contribution in [0.15, 0.2) is 12.1 Å². The number of ether oxygens (including phenoxy) is 1. The Morgan fingerprint density at radius 3 is 3.33 bits per heavy atom. The predicted octanol–water partition coefficient (Wildman–Crippen LogP) is 0.758. The largest absolute Gasteiger partial charge is 0.477 e. The van der Waals surface area contributed by atoms with Crippen molar-refractivity contribution >= 4 is 6.29 Å². The first kappa shape index (κ1) is 7.28. The van der Waals surface area contributed by atoms with Gasteiger partial charge in [0.2, 0.25) is 5.88 Å². The first-order chi connectivity index (χ1) is 5.90. The van der Waals surface area contributed by atoms with E-state index in [9.17, 15) is 4.79 Å². The Kier molecular flexibility index (Phi) is 1.78. The predicted molar refractivity (Wildman–Crippen MR) is 43.2 cm³/mol. The fourth-order valence-electron chi connectivity index (χ4n) is 1.28. The third-order valence-electron chi connectivity index (χ3n) is 1.90. The highest BCUT2D eigenvalue weighted by atomic mass is 16.5. The van der Waals surface area contributed by atoms with Crippen LogP contribution in [-0.4, -0.2) is 17.9 Å². The van der Waals surface area contributed by atoms with Crippen LogP contribution < -0.4 is 4.74 Å². The monoisotopic (exact) mass is 163 g/mol. The summed E-state index contributed by atoms with van der Waals surface area (Å²) in [6.07, 6.45) is 2.16. The summed E-state index contributed by atoms with van der Waals surface area (Å²) < 4.78 is 5.26. The minimum Gasteiger partial charge on any atom is -0.477 e. The summed E-state index contributed by atoms with van der Waals surface area (Å²) in [7, 11) is 0. The second kappa shape index (κ2) is 2.93. The number of fused-ring (bicyclic) bond motifs is 1. The van der Waals surface area contributed by atoms with Gasteiger partial charge in [0, 0.05) is 18.4 Å².